The first-order chi connectivity index (χ1) is 12.5. The lowest BCUT2D eigenvalue weighted by atomic mass is 10.1. The Morgan fingerprint density at radius 1 is 1.00 bits per heavy atom. The molecule has 0 saturated carbocycles. The van der Waals surface area contributed by atoms with E-state index < -0.39 is 11.4 Å². The van der Waals surface area contributed by atoms with Gasteiger partial charge in [-0.25, -0.2) is 0 Å². The molecule has 1 aliphatic heterocycles. The maximum atomic E-state index is 12.8. The standard InChI is InChI=1S/C18H18N4O4/c1-3-10(4-2)22-17(25)11-6-5-7-12(15(11)18(22)26)20-21-13-8-9-14(23)19-16(13)24/h5-10H,3-4H2,1-2H3,(H2,19,23,24). The number of pyridine rings is 1. The summed E-state index contributed by atoms with van der Waals surface area (Å²) in [4.78, 5) is 40.1. The second kappa shape index (κ2) is 6.91. The molecule has 0 spiro atoms. The molecule has 26 heavy (non-hydrogen) atoms. The lowest BCUT2D eigenvalue weighted by Gasteiger charge is -2.23. The Hall–Kier alpha value is -3.29. The lowest BCUT2D eigenvalue weighted by Crippen LogP contribution is -2.39. The predicted molar refractivity (Wildman–Crippen MR) is 94.2 cm³/mol. The fraction of sp³-hybridized carbons (Fsp3) is 0.278. The number of aromatic nitrogens is 1. The number of H-pyrrole nitrogens is 1. The summed E-state index contributed by atoms with van der Waals surface area (Å²) in [5.74, 6) is -1.14. The van der Waals surface area contributed by atoms with Crippen molar-refractivity contribution in [3.63, 3.8) is 0 Å². The molecule has 0 saturated heterocycles. The fourth-order valence-electron chi connectivity index (χ4n) is 3.00. The van der Waals surface area contributed by atoms with Gasteiger partial charge >= 0.3 is 0 Å². The van der Waals surface area contributed by atoms with E-state index in [4.69, 9.17) is 0 Å². The number of nitrogens with one attached hydrogen (secondary N) is 1. The molecule has 0 aliphatic carbocycles. The number of benzene rings is 1. The zero-order valence-corrected chi connectivity index (χ0v) is 14.4. The zero-order valence-electron chi connectivity index (χ0n) is 14.4. The van der Waals surface area contributed by atoms with Gasteiger partial charge in [-0.05, 0) is 31.0 Å². The molecule has 2 amide bonds. The number of carbonyl (C=O) groups excluding carboxylic acids is 2. The highest BCUT2D eigenvalue weighted by molar-refractivity contribution is 6.23. The van der Waals surface area contributed by atoms with Crippen molar-refractivity contribution in [2.75, 3.05) is 0 Å². The van der Waals surface area contributed by atoms with Crippen molar-refractivity contribution in [2.45, 2.75) is 32.7 Å². The monoisotopic (exact) mass is 354 g/mol. The first kappa shape index (κ1) is 17.5. The molecule has 8 heteroatoms. The zero-order chi connectivity index (χ0) is 18.8. The van der Waals surface area contributed by atoms with Crippen molar-refractivity contribution in [1.29, 1.82) is 0 Å². The summed E-state index contributed by atoms with van der Waals surface area (Å²) >= 11 is 0. The molecule has 3 rings (SSSR count). The summed E-state index contributed by atoms with van der Waals surface area (Å²) in [7, 11) is 0. The van der Waals surface area contributed by atoms with Gasteiger partial charge in [0.1, 0.15) is 5.69 Å². The number of amides is 2. The number of aromatic amines is 1. The minimum Gasteiger partial charge on any atom is -0.493 e. The molecule has 2 heterocycles. The maximum Gasteiger partial charge on any atom is 0.264 e. The number of carbonyl (C=O) groups is 2. The molecule has 0 fully saturated rings. The fourth-order valence-corrected chi connectivity index (χ4v) is 3.00. The molecule has 2 N–H and O–H groups in total. The molecule has 1 aromatic carbocycles. The van der Waals surface area contributed by atoms with Crippen LogP contribution in [0.25, 0.3) is 0 Å². The minimum atomic E-state index is -0.469. The Labute approximate surface area is 149 Å². The van der Waals surface area contributed by atoms with E-state index in [0.717, 1.165) is 0 Å². The van der Waals surface area contributed by atoms with Crippen LogP contribution in [0.3, 0.4) is 0 Å². The molecule has 134 valence electrons. The van der Waals surface area contributed by atoms with Crippen LogP contribution in [0.1, 0.15) is 47.4 Å². The number of hydrogen-bond donors (Lipinski definition) is 2. The van der Waals surface area contributed by atoms with Gasteiger partial charge < -0.3 is 5.11 Å². The average molecular weight is 354 g/mol. The van der Waals surface area contributed by atoms with Crippen LogP contribution in [0.5, 0.6) is 5.88 Å². The van der Waals surface area contributed by atoms with Crippen LogP contribution in [0, 0.1) is 0 Å². The van der Waals surface area contributed by atoms with E-state index in [0.29, 0.717) is 18.4 Å². The predicted octanol–water partition coefficient (Wildman–Crippen LogP) is 3.28. The largest absolute Gasteiger partial charge is 0.493 e. The molecule has 1 aliphatic rings. The third kappa shape index (κ3) is 2.90. The molecule has 0 atom stereocenters. The number of aromatic hydroxyl groups is 1. The number of rotatable bonds is 5. The molecule has 2 aromatic rings. The number of fused-ring (bicyclic) bond motifs is 1. The highest BCUT2D eigenvalue weighted by Gasteiger charge is 2.40. The van der Waals surface area contributed by atoms with E-state index in [-0.39, 0.29) is 34.8 Å². The van der Waals surface area contributed by atoms with Gasteiger partial charge in [0.05, 0.1) is 16.8 Å². The van der Waals surface area contributed by atoms with Gasteiger partial charge in [-0.1, -0.05) is 19.9 Å². The van der Waals surface area contributed by atoms with Gasteiger partial charge in [0.25, 0.3) is 17.4 Å². The SMILES string of the molecule is CCC(CC)N1C(=O)c2cccc(N=Nc3ccc(=O)[nH]c3O)c2C1=O. The summed E-state index contributed by atoms with van der Waals surface area (Å²) in [5.41, 5.74) is 0.320. The van der Waals surface area contributed by atoms with Crippen LogP contribution >= 0.6 is 0 Å². The first-order valence-electron chi connectivity index (χ1n) is 8.32. The maximum absolute atomic E-state index is 12.8. The van der Waals surface area contributed by atoms with E-state index >= 15 is 0 Å². The Balaban J connectivity index is 2.01. The van der Waals surface area contributed by atoms with Crippen molar-refractivity contribution >= 4 is 23.2 Å². The second-order valence-electron chi connectivity index (χ2n) is 5.91. The van der Waals surface area contributed by atoms with E-state index in [1.807, 2.05) is 13.8 Å². The van der Waals surface area contributed by atoms with Crippen LogP contribution in [0.4, 0.5) is 11.4 Å². The Bertz CT molecular complexity index is 960. The van der Waals surface area contributed by atoms with Crippen LogP contribution in [-0.4, -0.2) is 32.8 Å². The molecule has 0 radical (unpaired) electrons. The normalized spacial score (nSPS) is 13.9. The van der Waals surface area contributed by atoms with Crippen molar-refractivity contribution < 1.29 is 14.7 Å². The molecule has 8 nitrogen and oxygen atoms in total. The van der Waals surface area contributed by atoms with Crippen LogP contribution in [-0.2, 0) is 0 Å². The summed E-state index contributed by atoms with van der Waals surface area (Å²) in [6.45, 7) is 3.86. The molecular weight excluding hydrogens is 336 g/mol. The highest BCUT2D eigenvalue weighted by atomic mass is 16.3. The van der Waals surface area contributed by atoms with Crippen LogP contribution in [0.2, 0.25) is 0 Å². The average Bonchev–Trinajstić information content (AvgIpc) is 2.88. The van der Waals surface area contributed by atoms with Gasteiger partial charge in [-0.2, -0.15) is 0 Å². The summed E-state index contributed by atoms with van der Waals surface area (Å²) < 4.78 is 0. The third-order valence-corrected chi connectivity index (χ3v) is 4.37. The van der Waals surface area contributed by atoms with Crippen molar-refractivity contribution in [3.8, 4) is 5.88 Å². The van der Waals surface area contributed by atoms with Gasteiger partial charge in [-0.15, -0.1) is 10.2 Å². The Morgan fingerprint density at radius 3 is 2.35 bits per heavy atom. The summed E-state index contributed by atoms with van der Waals surface area (Å²) in [5, 5.41) is 17.6. The van der Waals surface area contributed by atoms with Crippen molar-refractivity contribution in [2.24, 2.45) is 10.2 Å². The van der Waals surface area contributed by atoms with Gasteiger partial charge in [0, 0.05) is 12.1 Å². The van der Waals surface area contributed by atoms with Crippen molar-refractivity contribution in [1.82, 2.24) is 9.88 Å². The lowest BCUT2D eigenvalue weighted by molar-refractivity contribution is 0.0576. The first-order valence-corrected chi connectivity index (χ1v) is 8.32. The van der Waals surface area contributed by atoms with E-state index in [1.165, 1.54) is 17.0 Å². The summed E-state index contributed by atoms with van der Waals surface area (Å²) in [6, 6.07) is 7.13. The number of imide groups is 1. The van der Waals surface area contributed by atoms with Gasteiger partial charge in [0.2, 0.25) is 5.88 Å². The number of azo groups is 1. The molecule has 0 unspecified atom stereocenters. The highest BCUT2D eigenvalue weighted by Crippen LogP contribution is 2.34. The summed E-state index contributed by atoms with van der Waals surface area (Å²) in [6.07, 6.45) is 1.34. The van der Waals surface area contributed by atoms with E-state index in [2.05, 4.69) is 15.2 Å². The smallest absolute Gasteiger partial charge is 0.264 e. The van der Waals surface area contributed by atoms with E-state index in [1.54, 1.807) is 18.2 Å². The molecule has 0 bridgehead atoms. The third-order valence-electron chi connectivity index (χ3n) is 4.37. The topological polar surface area (TPSA) is 115 Å². The number of nitrogens with zero attached hydrogens (tertiary/aromatic N) is 3. The molecular formula is C18H18N4O4. The van der Waals surface area contributed by atoms with Gasteiger partial charge in [-0.3, -0.25) is 24.3 Å². The van der Waals surface area contributed by atoms with Gasteiger partial charge in [0.15, 0.2) is 0 Å². The second-order valence-corrected chi connectivity index (χ2v) is 5.91. The Morgan fingerprint density at radius 2 is 1.69 bits per heavy atom. The van der Waals surface area contributed by atoms with Crippen LogP contribution in [0.15, 0.2) is 45.4 Å². The Kier molecular flexibility index (Phi) is 4.66. The minimum absolute atomic E-state index is 0.0517. The van der Waals surface area contributed by atoms with Crippen LogP contribution < -0.4 is 5.56 Å². The quantitative estimate of drug-likeness (QED) is 0.633. The van der Waals surface area contributed by atoms with E-state index in [9.17, 15) is 19.5 Å². The van der Waals surface area contributed by atoms with Crippen molar-refractivity contribution in [3.05, 3.63) is 51.8 Å². The number of hydrogen-bond acceptors (Lipinski definition) is 6. The molecule has 1 aromatic heterocycles.